The van der Waals surface area contributed by atoms with Gasteiger partial charge in [0.05, 0.1) is 12.7 Å². The molecular weight excluding hydrogens is 342 g/mol. The van der Waals surface area contributed by atoms with E-state index in [1.54, 1.807) is 6.07 Å². The van der Waals surface area contributed by atoms with E-state index in [4.69, 9.17) is 0 Å². The number of carbonyl (C=O) groups excluding carboxylic acids is 1. The molecule has 0 aliphatic heterocycles. The average molecular weight is 348 g/mol. The first-order valence-corrected chi connectivity index (χ1v) is 5.68. The smallest absolute Gasteiger partial charge is 0.768 e. The van der Waals surface area contributed by atoms with Gasteiger partial charge in [-0.15, -0.1) is 0 Å². The topological polar surface area (TPSA) is 66.4 Å². The molecular formula is C8H6INaO4S. The molecule has 0 radical (unpaired) electrons. The van der Waals surface area contributed by atoms with Crippen molar-refractivity contribution >= 4 is 39.6 Å². The number of rotatable bonds is 2. The van der Waals surface area contributed by atoms with E-state index in [9.17, 15) is 13.6 Å². The Bertz CT molecular complexity index is 396. The van der Waals surface area contributed by atoms with Crippen LogP contribution in [0.1, 0.15) is 10.4 Å². The van der Waals surface area contributed by atoms with Crippen LogP contribution in [0.3, 0.4) is 0 Å². The maximum Gasteiger partial charge on any atom is 1.00 e. The van der Waals surface area contributed by atoms with Gasteiger partial charge in [-0.2, -0.15) is 0 Å². The molecule has 0 bridgehead atoms. The fourth-order valence-corrected chi connectivity index (χ4v) is 2.22. The summed E-state index contributed by atoms with van der Waals surface area (Å²) in [5.41, 5.74) is 0.235. The molecule has 0 saturated heterocycles. The van der Waals surface area contributed by atoms with Gasteiger partial charge in [-0.1, -0.05) is 0 Å². The Morgan fingerprint density at radius 2 is 2.07 bits per heavy atom. The summed E-state index contributed by atoms with van der Waals surface area (Å²) in [4.78, 5) is 11.2. The zero-order valence-corrected chi connectivity index (χ0v) is 13.1. The predicted octanol–water partition coefficient (Wildman–Crippen LogP) is -1.68. The summed E-state index contributed by atoms with van der Waals surface area (Å²) in [6.07, 6.45) is 0. The van der Waals surface area contributed by atoms with Crippen molar-refractivity contribution in [2.24, 2.45) is 0 Å². The molecule has 1 unspecified atom stereocenters. The zero-order valence-electron chi connectivity index (χ0n) is 8.15. The van der Waals surface area contributed by atoms with Gasteiger partial charge in [0.25, 0.3) is 0 Å². The van der Waals surface area contributed by atoms with Crippen LogP contribution in [0.4, 0.5) is 0 Å². The van der Waals surface area contributed by atoms with Crippen molar-refractivity contribution in [3.63, 3.8) is 0 Å². The second kappa shape index (κ2) is 6.97. The Labute approximate surface area is 125 Å². The van der Waals surface area contributed by atoms with Crippen LogP contribution in [0.2, 0.25) is 0 Å². The van der Waals surface area contributed by atoms with Gasteiger partial charge in [-0.05, 0) is 51.9 Å². The molecule has 0 spiro atoms. The fraction of sp³-hybridized carbons (Fsp3) is 0.125. The Hall–Kier alpha value is 0.530. The number of esters is 1. The van der Waals surface area contributed by atoms with Gasteiger partial charge < -0.3 is 9.29 Å². The molecule has 0 aromatic heterocycles. The molecule has 7 heteroatoms. The molecule has 1 aromatic rings. The summed E-state index contributed by atoms with van der Waals surface area (Å²) in [5.74, 6) is -0.546. The van der Waals surface area contributed by atoms with E-state index < -0.39 is 17.0 Å². The van der Waals surface area contributed by atoms with Crippen LogP contribution in [0.15, 0.2) is 23.1 Å². The van der Waals surface area contributed by atoms with Gasteiger partial charge in [0.1, 0.15) is 0 Å². The molecule has 0 saturated carbocycles. The molecule has 0 N–H and O–H groups in total. The summed E-state index contributed by atoms with van der Waals surface area (Å²) in [6.45, 7) is 0. The summed E-state index contributed by atoms with van der Waals surface area (Å²) in [5, 5.41) is 0. The van der Waals surface area contributed by atoms with Crippen molar-refractivity contribution in [3.05, 3.63) is 27.3 Å². The average Bonchev–Trinajstić information content (AvgIpc) is 2.15. The van der Waals surface area contributed by atoms with E-state index in [1.165, 1.54) is 19.2 Å². The van der Waals surface area contributed by atoms with Crippen molar-refractivity contribution in [2.45, 2.75) is 4.90 Å². The first-order chi connectivity index (χ1) is 6.54. The van der Waals surface area contributed by atoms with Gasteiger partial charge in [0.15, 0.2) is 0 Å². The maximum atomic E-state index is 11.1. The second-order valence-electron chi connectivity index (χ2n) is 2.40. The molecule has 1 aromatic carbocycles. The number of carbonyl (C=O) groups is 1. The van der Waals surface area contributed by atoms with E-state index in [2.05, 4.69) is 4.74 Å². The Morgan fingerprint density at radius 1 is 1.47 bits per heavy atom. The van der Waals surface area contributed by atoms with E-state index in [0.717, 1.165) is 0 Å². The summed E-state index contributed by atoms with van der Waals surface area (Å²) in [7, 11) is 1.25. The Kier molecular flexibility index (Phi) is 7.22. The molecule has 1 atom stereocenters. The third kappa shape index (κ3) is 4.49. The normalized spacial score (nSPS) is 11.4. The van der Waals surface area contributed by atoms with Gasteiger partial charge in [-0.25, -0.2) is 4.79 Å². The first kappa shape index (κ1) is 15.5. The van der Waals surface area contributed by atoms with Crippen LogP contribution in [0, 0.1) is 3.57 Å². The minimum atomic E-state index is -2.33. The van der Waals surface area contributed by atoms with Crippen molar-refractivity contribution in [3.8, 4) is 0 Å². The molecule has 15 heavy (non-hydrogen) atoms. The van der Waals surface area contributed by atoms with Crippen LogP contribution >= 0.6 is 22.6 Å². The number of benzene rings is 1. The number of methoxy groups -OCH3 is 1. The van der Waals surface area contributed by atoms with Crippen molar-refractivity contribution in [2.75, 3.05) is 7.11 Å². The van der Waals surface area contributed by atoms with Crippen LogP contribution < -0.4 is 29.6 Å². The van der Waals surface area contributed by atoms with Crippen LogP contribution in [0.25, 0.3) is 0 Å². The minimum absolute atomic E-state index is 0. The monoisotopic (exact) mass is 348 g/mol. The van der Waals surface area contributed by atoms with Gasteiger partial charge >= 0.3 is 35.5 Å². The predicted molar refractivity (Wildman–Crippen MR) is 57.7 cm³/mol. The maximum absolute atomic E-state index is 11.1. The van der Waals surface area contributed by atoms with Crippen molar-refractivity contribution in [1.82, 2.24) is 0 Å². The molecule has 4 nitrogen and oxygen atoms in total. The molecule has 0 heterocycles. The van der Waals surface area contributed by atoms with Gasteiger partial charge in [0, 0.05) is 8.47 Å². The van der Waals surface area contributed by atoms with Gasteiger partial charge in [0.2, 0.25) is 0 Å². The number of hydrogen-bond donors (Lipinski definition) is 0. The summed E-state index contributed by atoms with van der Waals surface area (Å²) >= 11 is -0.398. The van der Waals surface area contributed by atoms with E-state index in [0.29, 0.717) is 3.57 Å². The summed E-state index contributed by atoms with van der Waals surface area (Å²) < 4.78 is 26.5. The van der Waals surface area contributed by atoms with Crippen LogP contribution in [-0.4, -0.2) is 21.8 Å². The molecule has 1 rings (SSSR count). The first-order valence-electron chi connectivity index (χ1n) is 3.52. The van der Waals surface area contributed by atoms with Gasteiger partial charge in [-0.3, -0.25) is 4.21 Å². The molecule has 0 aliphatic carbocycles. The molecule has 0 aliphatic rings. The SMILES string of the molecule is COC(=O)c1cc(I)cc(S(=O)[O-])c1.[Na+]. The minimum Gasteiger partial charge on any atom is -0.768 e. The molecule has 76 valence electrons. The van der Waals surface area contributed by atoms with E-state index in [-0.39, 0.29) is 40.0 Å². The number of hydrogen-bond acceptors (Lipinski definition) is 4. The van der Waals surface area contributed by atoms with E-state index >= 15 is 0 Å². The molecule has 0 amide bonds. The zero-order chi connectivity index (χ0) is 10.7. The van der Waals surface area contributed by atoms with Crippen molar-refractivity contribution in [1.29, 1.82) is 0 Å². The fourth-order valence-electron chi connectivity index (χ4n) is 0.895. The Balaban J connectivity index is 0.00000196. The Morgan fingerprint density at radius 3 is 2.53 bits per heavy atom. The van der Waals surface area contributed by atoms with Crippen LogP contribution in [-0.2, 0) is 15.8 Å². The number of ether oxygens (including phenoxy) is 1. The third-order valence-electron chi connectivity index (χ3n) is 1.48. The molecule has 0 fully saturated rings. The standard InChI is InChI=1S/C8H7IO4S.Na/c1-13-8(10)5-2-6(9)4-7(3-5)14(11)12;/h2-4H,1H3,(H,11,12);/q;+1/p-1. The quantitative estimate of drug-likeness (QED) is 0.277. The largest absolute Gasteiger partial charge is 1.00 e. The van der Waals surface area contributed by atoms with Crippen molar-refractivity contribution < 1.29 is 47.9 Å². The summed E-state index contributed by atoms with van der Waals surface area (Å²) in [6, 6.07) is 4.30. The number of halogens is 1. The second-order valence-corrected chi connectivity index (χ2v) is 4.59. The van der Waals surface area contributed by atoms with Crippen LogP contribution in [0.5, 0.6) is 0 Å². The van der Waals surface area contributed by atoms with E-state index in [1.807, 2.05) is 22.6 Å². The third-order valence-corrected chi connectivity index (χ3v) is 2.73.